The number of carbonyl (C=O) groups is 1. The fourth-order valence-corrected chi connectivity index (χ4v) is 1.03. The third kappa shape index (κ3) is 5.70. The highest BCUT2D eigenvalue weighted by Gasteiger charge is 2.27. The van der Waals surface area contributed by atoms with Crippen molar-refractivity contribution in [2.45, 2.75) is 6.18 Å². The first-order valence-corrected chi connectivity index (χ1v) is 4.65. The van der Waals surface area contributed by atoms with Gasteiger partial charge in [-0.2, -0.15) is 13.2 Å². The highest BCUT2D eigenvalue weighted by atomic mass is 19.4. The first-order valence-electron chi connectivity index (χ1n) is 4.65. The fraction of sp³-hybridized carbons (Fsp3) is 0.182. The molecule has 17 heavy (non-hydrogen) atoms. The number of benzene rings is 1. The van der Waals surface area contributed by atoms with Gasteiger partial charge in [0.2, 0.25) is 5.91 Å². The van der Waals surface area contributed by atoms with Crippen molar-refractivity contribution in [2.75, 3.05) is 6.54 Å². The highest BCUT2D eigenvalue weighted by Crippen LogP contribution is 2.12. The summed E-state index contributed by atoms with van der Waals surface area (Å²) in [5.74, 6) is -1.37. The van der Waals surface area contributed by atoms with Gasteiger partial charge in [0.05, 0.1) is 0 Å². The van der Waals surface area contributed by atoms with Gasteiger partial charge in [-0.3, -0.25) is 4.79 Å². The van der Waals surface area contributed by atoms with Crippen molar-refractivity contribution in [1.29, 1.82) is 0 Å². The number of halogens is 4. The van der Waals surface area contributed by atoms with Crippen molar-refractivity contribution < 1.29 is 22.4 Å². The van der Waals surface area contributed by atoms with E-state index in [9.17, 15) is 22.4 Å². The molecule has 0 saturated heterocycles. The van der Waals surface area contributed by atoms with E-state index in [1.165, 1.54) is 24.3 Å². The minimum Gasteiger partial charge on any atom is -0.343 e. The van der Waals surface area contributed by atoms with Crippen molar-refractivity contribution in [3.8, 4) is 0 Å². The van der Waals surface area contributed by atoms with Gasteiger partial charge < -0.3 is 5.32 Å². The second-order valence-corrected chi connectivity index (χ2v) is 3.22. The minimum atomic E-state index is -4.44. The van der Waals surface area contributed by atoms with E-state index >= 15 is 0 Å². The zero-order valence-electron chi connectivity index (χ0n) is 8.59. The van der Waals surface area contributed by atoms with E-state index < -0.39 is 24.4 Å². The number of hydrogen-bond donors (Lipinski definition) is 1. The molecule has 0 aromatic heterocycles. The summed E-state index contributed by atoms with van der Waals surface area (Å²) in [7, 11) is 0. The molecule has 0 aliphatic heterocycles. The molecule has 6 heteroatoms. The summed E-state index contributed by atoms with van der Waals surface area (Å²) in [5.41, 5.74) is 0.396. The van der Waals surface area contributed by atoms with Crippen LogP contribution in [0.2, 0.25) is 0 Å². The van der Waals surface area contributed by atoms with Crippen LogP contribution < -0.4 is 5.32 Å². The van der Waals surface area contributed by atoms with Gasteiger partial charge in [0, 0.05) is 6.08 Å². The SMILES string of the molecule is O=C(/C=C/c1cccc(F)c1)NCC(F)(F)F. The standard InChI is InChI=1S/C11H9F4NO/c12-9-3-1-2-8(6-9)4-5-10(17)16-7-11(13,14)15/h1-6H,7H2,(H,16,17)/b5-4+. The monoisotopic (exact) mass is 247 g/mol. The van der Waals surface area contributed by atoms with Crippen LogP contribution in [0.5, 0.6) is 0 Å². The molecule has 0 bridgehead atoms. The second-order valence-electron chi connectivity index (χ2n) is 3.22. The smallest absolute Gasteiger partial charge is 0.343 e. The molecule has 0 heterocycles. The molecule has 0 aliphatic rings. The average Bonchev–Trinajstić information content (AvgIpc) is 2.23. The summed E-state index contributed by atoms with van der Waals surface area (Å²) >= 11 is 0. The molecule has 1 N–H and O–H groups in total. The van der Waals surface area contributed by atoms with E-state index in [-0.39, 0.29) is 0 Å². The number of carbonyl (C=O) groups excluding carboxylic acids is 1. The lowest BCUT2D eigenvalue weighted by molar-refractivity contribution is -0.135. The molecular weight excluding hydrogens is 238 g/mol. The van der Waals surface area contributed by atoms with Crippen molar-refractivity contribution in [1.82, 2.24) is 5.32 Å². The third-order valence-electron chi connectivity index (χ3n) is 1.74. The molecule has 92 valence electrons. The zero-order valence-corrected chi connectivity index (χ0v) is 8.59. The molecular formula is C11H9F4NO. The summed E-state index contributed by atoms with van der Waals surface area (Å²) in [6.45, 7) is -1.39. The van der Waals surface area contributed by atoms with E-state index in [1.54, 1.807) is 5.32 Å². The molecule has 0 spiro atoms. The molecule has 0 saturated carbocycles. The number of nitrogens with one attached hydrogen (secondary N) is 1. The van der Waals surface area contributed by atoms with Crippen LogP contribution in [-0.2, 0) is 4.79 Å². The Morgan fingerprint density at radius 3 is 2.65 bits per heavy atom. The maximum Gasteiger partial charge on any atom is 0.405 e. The quantitative estimate of drug-likeness (QED) is 0.645. The molecule has 0 aliphatic carbocycles. The topological polar surface area (TPSA) is 29.1 Å². The van der Waals surface area contributed by atoms with Gasteiger partial charge in [-0.15, -0.1) is 0 Å². The Labute approximate surface area is 94.9 Å². The molecule has 0 fully saturated rings. The zero-order chi connectivity index (χ0) is 12.9. The van der Waals surface area contributed by atoms with Crippen molar-refractivity contribution >= 4 is 12.0 Å². The van der Waals surface area contributed by atoms with Crippen LogP contribution >= 0.6 is 0 Å². The predicted octanol–water partition coefficient (Wildman–Crippen LogP) is 2.52. The second kappa shape index (κ2) is 5.47. The van der Waals surface area contributed by atoms with Gasteiger partial charge >= 0.3 is 6.18 Å². The van der Waals surface area contributed by atoms with Gasteiger partial charge in [0.1, 0.15) is 12.4 Å². The number of hydrogen-bond acceptors (Lipinski definition) is 1. The summed E-state index contributed by atoms with van der Waals surface area (Å²) in [5, 5.41) is 1.66. The first kappa shape index (κ1) is 13.2. The van der Waals surface area contributed by atoms with Crippen LogP contribution in [0.4, 0.5) is 17.6 Å². The van der Waals surface area contributed by atoms with Crippen LogP contribution in [0, 0.1) is 5.82 Å². The molecule has 1 aromatic rings. The Hall–Kier alpha value is -1.85. The predicted molar refractivity (Wildman–Crippen MR) is 54.5 cm³/mol. The van der Waals surface area contributed by atoms with E-state index in [2.05, 4.69) is 0 Å². The van der Waals surface area contributed by atoms with Gasteiger partial charge in [-0.1, -0.05) is 12.1 Å². The maximum atomic E-state index is 12.7. The molecule has 1 amide bonds. The van der Waals surface area contributed by atoms with Crippen LogP contribution in [0.3, 0.4) is 0 Å². The fourth-order valence-electron chi connectivity index (χ4n) is 1.03. The summed E-state index contributed by atoms with van der Waals surface area (Å²) in [4.78, 5) is 11.0. The van der Waals surface area contributed by atoms with Gasteiger partial charge in [0.25, 0.3) is 0 Å². The summed E-state index contributed by atoms with van der Waals surface area (Å²) in [6.07, 6.45) is -2.29. The normalized spacial score (nSPS) is 11.8. The lowest BCUT2D eigenvalue weighted by atomic mass is 10.2. The lowest BCUT2D eigenvalue weighted by Gasteiger charge is -2.05. The van der Waals surface area contributed by atoms with E-state index in [1.807, 2.05) is 0 Å². The number of amides is 1. The van der Waals surface area contributed by atoms with Crippen molar-refractivity contribution in [2.24, 2.45) is 0 Å². The molecule has 1 aromatic carbocycles. The number of rotatable bonds is 3. The number of alkyl halides is 3. The molecule has 0 atom stereocenters. The largest absolute Gasteiger partial charge is 0.405 e. The van der Waals surface area contributed by atoms with E-state index in [4.69, 9.17) is 0 Å². The van der Waals surface area contributed by atoms with Gasteiger partial charge in [0.15, 0.2) is 0 Å². The van der Waals surface area contributed by atoms with Crippen LogP contribution in [0.15, 0.2) is 30.3 Å². The summed E-state index contributed by atoms with van der Waals surface area (Å²) < 4.78 is 47.9. The Morgan fingerprint density at radius 1 is 1.35 bits per heavy atom. The third-order valence-corrected chi connectivity index (χ3v) is 1.74. The lowest BCUT2D eigenvalue weighted by Crippen LogP contribution is -2.32. The summed E-state index contributed by atoms with van der Waals surface area (Å²) in [6, 6.07) is 5.34. The Bertz CT molecular complexity index is 426. The first-order chi connectivity index (χ1) is 7.87. The van der Waals surface area contributed by atoms with E-state index in [0.717, 1.165) is 12.1 Å². The van der Waals surface area contributed by atoms with Crippen molar-refractivity contribution in [3.05, 3.63) is 41.7 Å². The van der Waals surface area contributed by atoms with E-state index in [0.29, 0.717) is 5.56 Å². The van der Waals surface area contributed by atoms with Crippen LogP contribution in [-0.4, -0.2) is 18.6 Å². The minimum absolute atomic E-state index is 0.396. The van der Waals surface area contributed by atoms with Crippen LogP contribution in [0.1, 0.15) is 5.56 Å². The van der Waals surface area contributed by atoms with Gasteiger partial charge in [-0.25, -0.2) is 4.39 Å². The van der Waals surface area contributed by atoms with Gasteiger partial charge in [-0.05, 0) is 23.8 Å². The molecule has 2 nitrogen and oxygen atoms in total. The van der Waals surface area contributed by atoms with Crippen LogP contribution in [0.25, 0.3) is 6.08 Å². The Morgan fingerprint density at radius 2 is 2.06 bits per heavy atom. The molecule has 0 radical (unpaired) electrons. The molecule has 0 unspecified atom stereocenters. The molecule has 1 rings (SSSR count). The maximum absolute atomic E-state index is 12.7. The Kier molecular flexibility index (Phi) is 4.25. The average molecular weight is 247 g/mol. The Balaban J connectivity index is 2.51. The highest BCUT2D eigenvalue weighted by molar-refractivity contribution is 5.91. The van der Waals surface area contributed by atoms with Crippen molar-refractivity contribution in [3.63, 3.8) is 0 Å².